The summed E-state index contributed by atoms with van der Waals surface area (Å²) in [6.45, 7) is 0.237. The number of hydrogen-bond acceptors (Lipinski definition) is 7. The Hall–Kier alpha value is -2.05. The summed E-state index contributed by atoms with van der Waals surface area (Å²) in [5.41, 5.74) is 0.548. The Morgan fingerprint density at radius 1 is 1.09 bits per heavy atom. The lowest BCUT2D eigenvalue weighted by atomic mass is 10.0. The first kappa shape index (κ1) is 23.1. The van der Waals surface area contributed by atoms with Gasteiger partial charge in [0.05, 0.1) is 20.0 Å². The van der Waals surface area contributed by atoms with Gasteiger partial charge in [-0.05, 0) is 55.3 Å². The smallest absolute Gasteiger partial charge is 0.244 e. The van der Waals surface area contributed by atoms with Gasteiger partial charge in [0.15, 0.2) is 15.0 Å². The van der Waals surface area contributed by atoms with E-state index in [-0.39, 0.29) is 21.5 Å². The number of halogens is 1. The summed E-state index contributed by atoms with van der Waals surface area (Å²) in [6.07, 6.45) is 2.90. The van der Waals surface area contributed by atoms with E-state index in [1.165, 1.54) is 40.7 Å². The molecule has 12 heteroatoms. The summed E-state index contributed by atoms with van der Waals surface area (Å²) in [5.74, 6) is -0.468. The van der Waals surface area contributed by atoms with Crippen LogP contribution in [0.5, 0.6) is 0 Å². The average molecular weight is 514 g/mol. The Balaban J connectivity index is 1.59. The molecule has 170 valence electrons. The van der Waals surface area contributed by atoms with Crippen molar-refractivity contribution in [2.24, 2.45) is 0 Å². The number of nitrogens with one attached hydrogen (secondary N) is 1. The number of sulfone groups is 1. The van der Waals surface area contributed by atoms with Crippen molar-refractivity contribution < 1.29 is 21.6 Å². The number of nitrogens with zero attached hydrogens (tertiary/aromatic N) is 2. The second-order valence-corrected chi connectivity index (χ2v) is 12.9. The van der Waals surface area contributed by atoms with E-state index in [4.69, 9.17) is 11.6 Å². The number of piperidine rings is 1. The molecule has 1 aromatic heterocycles. The molecular formula is C20H20ClN3O5S3. The zero-order valence-electron chi connectivity index (χ0n) is 17.0. The van der Waals surface area contributed by atoms with Crippen LogP contribution in [0.2, 0.25) is 5.02 Å². The number of carbonyl (C=O) groups is 1. The molecule has 1 amide bonds. The highest BCUT2D eigenvalue weighted by Crippen LogP contribution is 2.30. The van der Waals surface area contributed by atoms with Gasteiger partial charge in [-0.1, -0.05) is 29.4 Å². The van der Waals surface area contributed by atoms with Crippen molar-refractivity contribution in [2.75, 3.05) is 18.1 Å². The van der Waals surface area contributed by atoms with Crippen molar-refractivity contribution in [3.63, 3.8) is 0 Å². The van der Waals surface area contributed by atoms with Crippen molar-refractivity contribution in [3.05, 3.63) is 47.5 Å². The first-order valence-corrected chi connectivity index (χ1v) is 14.3. The van der Waals surface area contributed by atoms with Gasteiger partial charge in [0.1, 0.15) is 6.04 Å². The first-order chi connectivity index (χ1) is 15.1. The fourth-order valence-corrected chi connectivity index (χ4v) is 6.99. The minimum Gasteiger partial charge on any atom is -0.301 e. The summed E-state index contributed by atoms with van der Waals surface area (Å²) in [6, 6.07) is 9.53. The van der Waals surface area contributed by atoms with Crippen LogP contribution in [0.15, 0.2) is 52.3 Å². The average Bonchev–Trinajstić information content (AvgIpc) is 3.15. The Kier molecular flexibility index (Phi) is 6.29. The molecule has 8 nitrogen and oxygen atoms in total. The Morgan fingerprint density at radius 2 is 1.78 bits per heavy atom. The van der Waals surface area contributed by atoms with Gasteiger partial charge >= 0.3 is 0 Å². The molecule has 1 aliphatic heterocycles. The van der Waals surface area contributed by atoms with Gasteiger partial charge in [0.25, 0.3) is 0 Å². The second-order valence-electron chi connectivity index (χ2n) is 7.49. The quantitative estimate of drug-likeness (QED) is 0.558. The number of sulfonamides is 1. The molecular weight excluding hydrogens is 494 g/mol. The summed E-state index contributed by atoms with van der Waals surface area (Å²) in [7, 11) is -7.25. The summed E-state index contributed by atoms with van der Waals surface area (Å²) < 4.78 is 51.7. The van der Waals surface area contributed by atoms with Gasteiger partial charge < -0.3 is 5.32 Å². The predicted molar refractivity (Wildman–Crippen MR) is 124 cm³/mol. The molecule has 0 spiro atoms. The molecule has 2 heterocycles. The molecule has 1 saturated heterocycles. The van der Waals surface area contributed by atoms with Gasteiger partial charge in [-0.15, -0.1) is 0 Å². The van der Waals surface area contributed by atoms with Gasteiger partial charge in [0, 0.05) is 17.8 Å². The maximum atomic E-state index is 13.2. The fraction of sp³-hybridized carbons (Fsp3) is 0.300. The number of amides is 1. The number of aromatic nitrogens is 1. The van der Waals surface area contributed by atoms with Crippen LogP contribution in [-0.4, -0.2) is 50.9 Å². The Labute approximate surface area is 195 Å². The van der Waals surface area contributed by atoms with E-state index in [2.05, 4.69) is 10.3 Å². The first-order valence-electron chi connectivity index (χ1n) is 9.75. The molecule has 0 saturated carbocycles. The van der Waals surface area contributed by atoms with Crippen molar-refractivity contribution in [3.8, 4) is 0 Å². The normalized spacial score (nSPS) is 18.0. The van der Waals surface area contributed by atoms with E-state index in [1.54, 1.807) is 6.07 Å². The van der Waals surface area contributed by atoms with Gasteiger partial charge in [-0.25, -0.2) is 21.8 Å². The number of thiazole rings is 1. The van der Waals surface area contributed by atoms with E-state index in [0.29, 0.717) is 28.1 Å². The van der Waals surface area contributed by atoms with E-state index in [9.17, 15) is 21.6 Å². The zero-order chi connectivity index (χ0) is 23.1. The third kappa shape index (κ3) is 4.67. The summed E-state index contributed by atoms with van der Waals surface area (Å²) in [4.78, 5) is 17.6. The highest BCUT2D eigenvalue weighted by molar-refractivity contribution is 7.90. The number of fused-ring (bicyclic) bond motifs is 1. The molecule has 1 atom stereocenters. The number of rotatable bonds is 5. The van der Waals surface area contributed by atoms with Crippen molar-refractivity contribution >= 4 is 64.1 Å². The lowest BCUT2D eigenvalue weighted by Crippen LogP contribution is -2.49. The van der Waals surface area contributed by atoms with E-state index in [0.717, 1.165) is 24.0 Å². The molecule has 32 heavy (non-hydrogen) atoms. The van der Waals surface area contributed by atoms with Crippen molar-refractivity contribution in [1.82, 2.24) is 9.29 Å². The third-order valence-corrected chi connectivity index (χ3v) is 9.41. The zero-order valence-corrected chi connectivity index (χ0v) is 20.2. The maximum absolute atomic E-state index is 13.2. The van der Waals surface area contributed by atoms with Crippen LogP contribution in [0, 0.1) is 0 Å². The number of hydrogen-bond donors (Lipinski definition) is 1. The fourth-order valence-electron chi connectivity index (χ4n) is 3.57. The Bertz CT molecular complexity index is 1390. The molecule has 0 radical (unpaired) electrons. The van der Waals surface area contributed by atoms with Crippen LogP contribution in [0.25, 0.3) is 10.2 Å². The molecule has 0 unspecified atom stereocenters. The molecule has 4 rings (SSSR count). The number of anilines is 1. The molecule has 2 aromatic carbocycles. The standard InChI is InChI=1S/C20H20ClN3O5S3/c1-31(26,27)15-9-10-16-18(12-15)30-20(22-16)23-19(25)17-4-2-3-11-24(17)32(28,29)14-7-5-13(21)6-8-14/h5-10,12,17H,2-4,11H2,1H3,(H,22,23,25)/t17-/m0/s1. The lowest BCUT2D eigenvalue weighted by molar-refractivity contribution is -0.120. The molecule has 0 aliphatic carbocycles. The van der Waals surface area contributed by atoms with Crippen LogP contribution in [0.3, 0.4) is 0 Å². The van der Waals surface area contributed by atoms with E-state index >= 15 is 0 Å². The lowest BCUT2D eigenvalue weighted by Gasteiger charge is -2.33. The number of benzene rings is 2. The van der Waals surface area contributed by atoms with Crippen LogP contribution in [0.4, 0.5) is 5.13 Å². The highest BCUT2D eigenvalue weighted by atomic mass is 35.5. The molecule has 1 fully saturated rings. The minimum absolute atomic E-state index is 0.0786. The molecule has 1 aliphatic rings. The van der Waals surface area contributed by atoms with Gasteiger partial charge in [-0.2, -0.15) is 4.31 Å². The topological polar surface area (TPSA) is 114 Å². The summed E-state index contributed by atoms with van der Waals surface area (Å²) in [5, 5.41) is 3.42. The monoisotopic (exact) mass is 513 g/mol. The molecule has 0 bridgehead atoms. The highest BCUT2D eigenvalue weighted by Gasteiger charge is 2.38. The predicted octanol–water partition coefficient (Wildman–Crippen LogP) is 3.54. The van der Waals surface area contributed by atoms with Crippen LogP contribution in [0.1, 0.15) is 19.3 Å². The van der Waals surface area contributed by atoms with Gasteiger partial charge in [0.2, 0.25) is 15.9 Å². The Morgan fingerprint density at radius 3 is 2.47 bits per heavy atom. The van der Waals surface area contributed by atoms with E-state index < -0.39 is 31.8 Å². The third-order valence-electron chi connectivity index (χ3n) is 5.19. The molecule has 1 N–H and O–H groups in total. The van der Waals surface area contributed by atoms with Gasteiger partial charge in [-0.3, -0.25) is 4.79 Å². The minimum atomic E-state index is -3.88. The maximum Gasteiger partial charge on any atom is 0.244 e. The van der Waals surface area contributed by atoms with Crippen molar-refractivity contribution in [2.45, 2.75) is 35.1 Å². The van der Waals surface area contributed by atoms with Crippen LogP contribution < -0.4 is 5.32 Å². The van der Waals surface area contributed by atoms with Crippen LogP contribution >= 0.6 is 22.9 Å². The largest absolute Gasteiger partial charge is 0.301 e. The summed E-state index contributed by atoms with van der Waals surface area (Å²) >= 11 is 7.01. The number of carbonyl (C=O) groups excluding carboxylic acids is 1. The second kappa shape index (κ2) is 8.71. The van der Waals surface area contributed by atoms with Crippen LogP contribution in [-0.2, 0) is 24.7 Å². The van der Waals surface area contributed by atoms with E-state index in [1.807, 2.05) is 0 Å². The van der Waals surface area contributed by atoms with Crippen molar-refractivity contribution in [1.29, 1.82) is 0 Å². The molecule has 3 aromatic rings. The SMILES string of the molecule is CS(=O)(=O)c1ccc2nc(NC(=O)[C@@H]3CCCCN3S(=O)(=O)c3ccc(Cl)cc3)sc2c1.